The van der Waals surface area contributed by atoms with Crippen LogP contribution in [-0.2, 0) is 16.1 Å². The summed E-state index contributed by atoms with van der Waals surface area (Å²) in [5, 5.41) is 4.26. The molecule has 3 aromatic rings. The van der Waals surface area contributed by atoms with Gasteiger partial charge in [-0.05, 0) is 48.9 Å². The number of ether oxygens (including phenoxy) is 1. The number of benzene rings is 2. The molecule has 4 rings (SSSR count). The molecule has 194 valence electrons. The molecule has 0 N–H and O–H groups in total. The summed E-state index contributed by atoms with van der Waals surface area (Å²) in [5.41, 5.74) is 0.538. The number of carbonyl (C=O) groups excluding carboxylic acids is 2. The van der Waals surface area contributed by atoms with Crippen LogP contribution in [0.3, 0.4) is 0 Å². The SMILES string of the molecule is CCOC(=O)[C@@H]1CCCN(C(=O)c2nn(-c3ccc(C(C)C)cc3)c(=O)n(Cc3ccccc3)c2=O)C1. The Kier molecular flexibility index (Phi) is 8.01. The number of likely N-dealkylation sites (tertiary alicyclic amines) is 1. The van der Waals surface area contributed by atoms with Crippen LogP contribution in [0, 0.1) is 5.92 Å². The quantitative estimate of drug-likeness (QED) is 0.459. The van der Waals surface area contributed by atoms with Crippen LogP contribution in [0.2, 0.25) is 0 Å². The van der Waals surface area contributed by atoms with Crippen molar-refractivity contribution in [1.82, 2.24) is 19.2 Å². The highest BCUT2D eigenvalue weighted by atomic mass is 16.5. The average molecular weight is 505 g/mol. The van der Waals surface area contributed by atoms with Crippen molar-refractivity contribution in [1.29, 1.82) is 0 Å². The van der Waals surface area contributed by atoms with Crippen molar-refractivity contribution in [3.8, 4) is 5.69 Å². The van der Waals surface area contributed by atoms with Gasteiger partial charge in [-0.3, -0.25) is 19.0 Å². The fraction of sp³-hybridized carbons (Fsp3) is 0.393. The maximum atomic E-state index is 13.6. The normalized spacial score (nSPS) is 15.6. The fourth-order valence-electron chi connectivity index (χ4n) is 4.49. The first-order valence-corrected chi connectivity index (χ1v) is 12.6. The lowest BCUT2D eigenvalue weighted by Gasteiger charge is -2.31. The first kappa shape index (κ1) is 26.1. The maximum absolute atomic E-state index is 13.6. The molecule has 9 heteroatoms. The molecule has 37 heavy (non-hydrogen) atoms. The van der Waals surface area contributed by atoms with Crippen molar-refractivity contribution in [2.45, 2.75) is 46.1 Å². The van der Waals surface area contributed by atoms with Gasteiger partial charge in [0, 0.05) is 13.1 Å². The molecule has 0 spiro atoms. The van der Waals surface area contributed by atoms with Crippen molar-refractivity contribution < 1.29 is 14.3 Å². The van der Waals surface area contributed by atoms with Crippen LogP contribution < -0.4 is 11.2 Å². The van der Waals surface area contributed by atoms with Crippen LogP contribution in [0.4, 0.5) is 0 Å². The zero-order valence-corrected chi connectivity index (χ0v) is 21.4. The second-order valence-corrected chi connectivity index (χ2v) is 9.51. The largest absolute Gasteiger partial charge is 0.466 e. The van der Waals surface area contributed by atoms with Gasteiger partial charge in [-0.2, -0.15) is 9.78 Å². The molecule has 1 aromatic heterocycles. The molecule has 0 unspecified atom stereocenters. The van der Waals surface area contributed by atoms with Gasteiger partial charge in [0.2, 0.25) is 5.69 Å². The van der Waals surface area contributed by atoms with Crippen molar-refractivity contribution in [3.63, 3.8) is 0 Å². The summed E-state index contributed by atoms with van der Waals surface area (Å²) >= 11 is 0. The molecule has 1 aliphatic heterocycles. The van der Waals surface area contributed by atoms with E-state index in [0.29, 0.717) is 31.0 Å². The van der Waals surface area contributed by atoms with Gasteiger partial charge in [0.15, 0.2) is 0 Å². The van der Waals surface area contributed by atoms with E-state index in [1.54, 1.807) is 19.1 Å². The molecular formula is C28H32N4O5. The van der Waals surface area contributed by atoms with E-state index in [-0.39, 0.29) is 31.4 Å². The topological polar surface area (TPSA) is 104 Å². The van der Waals surface area contributed by atoms with Crippen molar-refractivity contribution in [2.24, 2.45) is 5.92 Å². The predicted molar refractivity (Wildman–Crippen MR) is 139 cm³/mol. The van der Waals surface area contributed by atoms with Crippen LogP contribution in [-0.4, -0.2) is 50.8 Å². The summed E-state index contributed by atoms with van der Waals surface area (Å²) in [6.45, 7) is 6.65. The molecule has 1 atom stereocenters. The second-order valence-electron chi connectivity index (χ2n) is 9.51. The van der Waals surface area contributed by atoms with Crippen LogP contribution in [0.15, 0.2) is 64.2 Å². The van der Waals surface area contributed by atoms with E-state index in [1.807, 2.05) is 42.5 Å². The standard InChI is InChI=1S/C28H32N4O5/c1-4-37-27(35)22-11-8-16-30(18-22)25(33)24-26(34)31(17-20-9-6-5-7-10-20)28(36)32(29-24)23-14-12-21(13-15-23)19(2)3/h5-7,9-10,12-15,19,22H,4,8,11,16-18H2,1-3H3/t22-/m1/s1. The molecule has 0 bridgehead atoms. The van der Waals surface area contributed by atoms with Crippen molar-refractivity contribution >= 4 is 11.9 Å². The Hall–Kier alpha value is -4.01. The zero-order valence-electron chi connectivity index (χ0n) is 21.4. The number of hydrogen-bond acceptors (Lipinski definition) is 6. The molecule has 2 heterocycles. The third-order valence-corrected chi connectivity index (χ3v) is 6.58. The number of hydrogen-bond donors (Lipinski definition) is 0. The molecular weight excluding hydrogens is 472 g/mol. The van der Waals surface area contributed by atoms with Crippen molar-refractivity contribution in [2.75, 3.05) is 19.7 Å². The molecule has 0 radical (unpaired) electrons. The number of carbonyl (C=O) groups is 2. The third kappa shape index (κ3) is 5.71. The summed E-state index contributed by atoms with van der Waals surface area (Å²) in [6, 6.07) is 16.4. The lowest BCUT2D eigenvalue weighted by Crippen LogP contribution is -2.49. The monoisotopic (exact) mass is 504 g/mol. The number of nitrogens with zero attached hydrogens (tertiary/aromatic N) is 4. The Morgan fingerprint density at radius 1 is 1.05 bits per heavy atom. The highest BCUT2D eigenvalue weighted by Gasteiger charge is 2.32. The molecule has 1 aliphatic rings. The van der Waals surface area contributed by atoms with Gasteiger partial charge in [0.1, 0.15) is 0 Å². The van der Waals surface area contributed by atoms with Crippen LogP contribution in [0.5, 0.6) is 0 Å². The van der Waals surface area contributed by atoms with Gasteiger partial charge < -0.3 is 9.64 Å². The van der Waals surface area contributed by atoms with E-state index < -0.39 is 23.1 Å². The Labute approximate surface area is 215 Å². The zero-order chi connectivity index (χ0) is 26.5. The highest BCUT2D eigenvalue weighted by Crippen LogP contribution is 2.19. The molecule has 1 saturated heterocycles. The van der Waals surface area contributed by atoms with Gasteiger partial charge in [-0.25, -0.2) is 4.79 Å². The third-order valence-electron chi connectivity index (χ3n) is 6.58. The predicted octanol–water partition coefficient (Wildman–Crippen LogP) is 2.98. The highest BCUT2D eigenvalue weighted by molar-refractivity contribution is 5.92. The Balaban J connectivity index is 1.78. The number of piperidine rings is 1. The van der Waals surface area contributed by atoms with Crippen LogP contribution in [0.25, 0.3) is 5.69 Å². The summed E-state index contributed by atoms with van der Waals surface area (Å²) < 4.78 is 7.29. The molecule has 0 saturated carbocycles. The van der Waals surface area contributed by atoms with Crippen LogP contribution >= 0.6 is 0 Å². The first-order chi connectivity index (χ1) is 17.8. The Morgan fingerprint density at radius 3 is 2.41 bits per heavy atom. The fourth-order valence-corrected chi connectivity index (χ4v) is 4.49. The summed E-state index contributed by atoms with van der Waals surface area (Å²) in [7, 11) is 0. The molecule has 1 fully saturated rings. The van der Waals surface area contributed by atoms with Gasteiger partial charge in [0.25, 0.3) is 11.5 Å². The lowest BCUT2D eigenvalue weighted by atomic mass is 9.98. The molecule has 2 aromatic carbocycles. The summed E-state index contributed by atoms with van der Waals surface area (Å²) in [6.07, 6.45) is 1.21. The van der Waals surface area contributed by atoms with E-state index in [9.17, 15) is 19.2 Å². The minimum atomic E-state index is -0.757. The Bertz CT molecular complexity index is 1380. The minimum absolute atomic E-state index is 0.00314. The number of aromatic nitrogens is 3. The lowest BCUT2D eigenvalue weighted by molar-refractivity contribution is -0.149. The van der Waals surface area contributed by atoms with Gasteiger partial charge in [-0.15, -0.1) is 0 Å². The summed E-state index contributed by atoms with van der Waals surface area (Å²) in [4.78, 5) is 54.3. The van der Waals surface area contributed by atoms with Gasteiger partial charge in [-0.1, -0.05) is 56.3 Å². The van der Waals surface area contributed by atoms with E-state index in [0.717, 1.165) is 20.4 Å². The number of rotatable bonds is 7. The molecule has 0 aliphatic carbocycles. The van der Waals surface area contributed by atoms with E-state index in [1.165, 1.54) is 4.90 Å². The van der Waals surface area contributed by atoms with Crippen molar-refractivity contribution in [3.05, 3.63) is 92.3 Å². The van der Waals surface area contributed by atoms with Crippen LogP contribution in [0.1, 0.15) is 61.1 Å². The van der Waals surface area contributed by atoms with E-state index in [4.69, 9.17) is 4.74 Å². The Morgan fingerprint density at radius 2 is 1.76 bits per heavy atom. The first-order valence-electron chi connectivity index (χ1n) is 12.6. The number of amides is 1. The summed E-state index contributed by atoms with van der Waals surface area (Å²) in [5.74, 6) is -1.12. The van der Waals surface area contributed by atoms with Gasteiger partial charge in [0.05, 0.1) is 24.8 Å². The smallest absolute Gasteiger partial charge is 0.352 e. The number of esters is 1. The minimum Gasteiger partial charge on any atom is -0.466 e. The van der Waals surface area contributed by atoms with E-state index >= 15 is 0 Å². The average Bonchev–Trinajstić information content (AvgIpc) is 2.91. The van der Waals surface area contributed by atoms with Gasteiger partial charge >= 0.3 is 11.7 Å². The second kappa shape index (κ2) is 11.4. The van der Waals surface area contributed by atoms with E-state index in [2.05, 4.69) is 18.9 Å². The molecule has 9 nitrogen and oxygen atoms in total. The maximum Gasteiger partial charge on any atom is 0.352 e. The molecule has 1 amide bonds.